The summed E-state index contributed by atoms with van der Waals surface area (Å²) in [5.41, 5.74) is 0.286. The Kier molecular flexibility index (Phi) is 2.82. The molecule has 2 aromatic rings. The van der Waals surface area contributed by atoms with Crippen molar-refractivity contribution in [2.45, 2.75) is 0 Å². The fourth-order valence-electron chi connectivity index (χ4n) is 1.16. The first kappa shape index (κ1) is 9.91. The van der Waals surface area contributed by atoms with Crippen LogP contribution in [0.25, 0.3) is 10.9 Å². The van der Waals surface area contributed by atoms with Gasteiger partial charge in [-0.2, -0.15) is 0 Å². The van der Waals surface area contributed by atoms with Crippen LogP contribution in [0.3, 0.4) is 0 Å². The van der Waals surface area contributed by atoms with Crippen molar-refractivity contribution in [2.24, 2.45) is 0 Å². The number of hydrogen-bond acceptors (Lipinski definition) is 2. The van der Waals surface area contributed by atoms with Gasteiger partial charge >= 0.3 is 0 Å². The third-order valence-electron chi connectivity index (χ3n) is 1.74. The van der Waals surface area contributed by atoms with E-state index in [1.165, 1.54) is 12.1 Å². The maximum atomic E-state index is 10.9. The van der Waals surface area contributed by atoms with Crippen LogP contribution >= 0.6 is 0 Å². The molecule has 0 atom stereocenters. The molecule has 0 aliphatic carbocycles. The minimum Gasteiger partial charge on any atom is -0.506 e. The van der Waals surface area contributed by atoms with Gasteiger partial charge in [-0.15, -0.1) is 0 Å². The van der Waals surface area contributed by atoms with Crippen LogP contribution in [-0.4, -0.2) is 29.0 Å². The summed E-state index contributed by atoms with van der Waals surface area (Å²) in [6.45, 7) is 0. The summed E-state index contributed by atoms with van der Waals surface area (Å²) < 4.78 is 0. The fraction of sp³-hybridized carbons (Fsp3) is 0. The number of phenols is 1. The number of benzene rings is 1. The molecule has 0 amide bonds. The number of phenolic OH excluding ortho intramolecular Hbond substituents is 1. The van der Waals surface area contributed by atoms with Crippen LogP contribution in [0.2, 0.25) is 0 Å². The van der Waals surface area contributed by atoms with Crippen molar-refractivity contribution in [2.75, 3.05) is 0 Å². The molecule has 0 saturated heterocycles. The molecule has 0 aliphatic rings. The number of hydrogen-bond donors (Lipinski definition) is 2. The zero-order valence-corrected chi connectivity index (χ0v) is 7.24. The van der Waals surface area contributed by atoms with E-state index < -0.39 is 0 Å². The van der Waals surface area contributed by atoms with E-state index in [0.717, 1.165) is 5.39 Å². The topological polar surface area (TPSA) is 53.1 Å². The first-order valence-corrected chi connectivity index (χ1v) is 3.58. The largest absolute Gasteiger partial charge is 0.506 e. The second-order valence-corrected chi connectivity index (χ2v) is 2.56. The van der Waals surface area contributed by atoms with E-state index in [0.29, 0.717) is 5.52 Å². The molecule has 0 spiro atoms. The number of nitrogens with one attached hydrogen (secondary N) is 1. The van der Waals surface area contributed by atoms with Gasteiger partial charge < -0.3 is 10.1 Å². The molecule has 1 aromatic heterocycles. The molecule has 0 aliphatic heterocycles. The summed E-state index contributed by atoms with van der Waals surface area (Å²) in [5, 5.41) is 10.2. The van der Waals surface area contributed by atoms with Crippen LogP contribution in [-0.2, 0) is 0 Å². The van der Waals surface area contributed by atoms with E-state index in [9.17, 15) is 9.90 Å². The van der Waals surface area contributed by atoms with Gasteiger partial charge in [-0.3, -0.25) is 4.79 Å². The molecule has 3 nitrogen and oxygen atoms in total. The molecular weight excluding hydrogens is 161 g/mol. The average Bonchev–Trinajstić information content (AvgIpc) is 2.07. The molecule has 4 heteroatoms. The molecule has 2 rings (SSSR count). The Labute approximate surface area is 86.6 Å². The Hall–Kier alpha value is -1.17. The van der Waals surface area contributed by atoms with Crippen LogP contribution in [0.15, 0.2) is 35.1 Å². The average molecular weight is 168 g/mol. The van der Waals surface area contributed by atoms with E-state index in [1.807, 2.05) is 6.07 Å². The van der Waals surface area contributed by atoms with Crippen LogP contribution < -0.4 is 5.56 Å². The van der Waals surface area contributed by atoms with E-state index in [1.54, 1.807) is 12.1 Å². The Bertz CT molecular complexity index is 478. The molecule has 0 unspecified atom stereocenters. The molecule has 1 aromatic carbocycles. The zero-order chi connectivity index (χ0) is 8.55. The molecule has 1 radical (unpaired) electrons. The number of fused-ring (bicyclic) bond motifs is 1. The van der Waals surface area contributed by atoms with Crippen molar-refractivity contribution in [1.82, 2.24) is 4.98 Å². The zero-order valence-electron chi connectivity index (χ0n) is 7.24. The Balaban J connectivity index is 0.000000845. The molecule has 2 N–H and O–H groups in total. The number of pyridine rings is 1. The third-order valence-corrected chi connectivity index (χ3v) is 1.74. The monoisotopic (exact) mass is 168 g/mol. The van der Waals surface area contributed by atoms with E-state index in [2.05, 4.69) is 4.98 Å². The SMILES string of the molecule is O=c1ccc2cccc(O)c2[nH]1.[Li]. The van der Waals surface area contributed by atoms with Gasteiger partial charge in [-0.25, -0.2) is 0 Å². The number of para-hydroxylation sites is 1. The molecule has 61 valence electrons. The van der Waals surface area contributed by atoms with Crippen molar-refractivity contribution in [3.05, 3.63) is 40.7 Å². The van der Waals surface area contributed by atoms with E-state index in [-0.39, 0.29) is 30.2 Å². The smallest absolute Gasteiger partial charge is 0.248 e. The van der Waals surface area contributed by atoms with E-state index >= 15 is 0 Å². The van der Waals surface area contributed by atoms with Crippen LogP contribution in [0, 0.1) is 0 Å². The van der Waals surface area contributed by atoms with Gasteiger partial charge in [0, 0.05) is 30.3 Å². The molecule has 0 saturated carbocycles. The number of aromatic nitrogens is 1. The quantitative estimate of drug-likeness (QED) is 0.573. The number of rotatable bonds is 0. The Morgan fingerprint density at radius 2 is 1.92 bits per heavy atom. The summed E-state index contributed by atoms with van der Waals surface area (Å²) >= 11 is 0. The summed E-state index contributed by atoms with van der Waals surface area (Å²) in [4.78, 5) is 13.4. The Morgan fingerprint density at radius 3 is 2.69 bits per heavy atom. The van der Waals surface area contributed by atoms with Gasteiger partial charge in [-0.1, -0.05) is 12.1 Å². The van der Waals surface area contributed by atoms with Gasteiger partial charge in [-0.05, 0) is 12.1 Å². The predicted octanol–water partition coefficient (Wildman–Crippen LogP) is 0.853. The van der Waals surface area contributed by atoms with Crippen molar-refractivity contribution < 1.29 is 5.11 Å². The van der Waals surface area contributed by atoms with Crippen molar-refractivity contribution >= 4 is 29.8 Å². The molecule has 0 fully saturated rings. The summed E-state index contributed by atoms with van der Waals surface area (Å²) in [6.07, 6.45) is 0. The minimum absolute atomic E-state index is 0. The summed E-state index contributed by atoms with van der Waals surface area (Å²) in [6, 6.07) is 8.20. The van der Waals surface area contributed by atoms with Crippen molar-refractivity contribution in [1.29, 1.82) is 0 Å². The second-order valence-electron chi connectivity index (χ2n) is 2.56. The number of aromatic hydroxyl groups is 1. The van der Waals surface area contributed by atoms with E-state index in [4.69, 9.17) is 0 Å². The first-order valence-electron chi connectivity index (χ1n) is 3.58. The minimum atomic E-state index is -0.205. The predicted molar refractivity (Wildman–Crippen MR) is 52.0 cm³/mol. The standard InChI is InChI=1S/C9H7NO2.Li/c11-7-3-1-2-6-4-5-8(12)10-9(6)7;/h1-5,11H,(H,10,12);. The van der Waals surface area contributed by atoms with Crippen molar-refractivity contribution in [3.8, 4) is 5.75 Å². The molecular formula is C9H7LiNO2. The summed E-state index contributed by atoms with van der Waals surface area (Å²) in [7, 11) is 0. The summed E-state index contributed by atoms with van der Waals surface area (Å²) in [5.74, 6) is 0.102. The van der Waals surface area contributed by atoms with Gasteiger partial charge in [0.25, 0.3) is 0 Å². The maximum Gasteiger partial charge on any atom is 0.248 e. The molecule has 0 bridgehead atoms. The first-order chi connectivity index (χ1) is 5.77. The molecule has 13 heavy (non-hydrogen) atoms. The van der Waals surface area contributed by atoms with Crippen LogP contribution in [0.4, 0.5) is 0 Å². The normalized spacial score (nSPS) is 9.54. The van der Waals surface area contributed by atoms with Gasteiger partial charge in [0.2, 0.25) is 5.56 Å². The fourth-order valence-corrected chi connectivity index (χ4v) is 1.16. The van der Waals surface area contributed by atoms with Crippen molar-refractivity contribution in [3.63, 3.8) is 0 Å². The number of aromatic amines is 1. The van der Waals surface area contributed by atoms with Gasteiger partial charge in [0.05, 0.1) is 5.52 Å². The van der Waals surface area contributed by atoms with Crippen LogP contribution in [0.5, 0.6) is 5.75 Å². The number of H-pyrrole nitrogens is 1. The second kappa shape index (κ2) is 3.69. The molecule has 1 heterocycles. The van der Waals surface area contributed by atoms with Gasteiger partial charge in [0.15, 0.2) is 0 Å². The maximum absolute atomic E-state index is 10.9. The Morgan fingerprint density at radius 1 is 1.15 bits per heavy atom. The van der Waals surface area contributed by atoms with Gasteiger partial charge in [0.1, 0.15) is 5.75 Å². The van der Waals surface area contributed by atoms with Crippen LogP contribution in [0.1, 0.15) is 0 Å². The third kappa shape index (κ3) is 1.77.